The van der Waals surface area contributed by atoms with Crippen LogP contribution in [0.15, 0.2) is 66.0 Å². The number of nitrogens with zero attached hydrogens (tertiary/aromatic N) is 8. The van der Waals surface area contributed by atoms with Crippen molar-refractivity contribution < 1.29 is 29.1 Å². The van der Waals surface area contributed by atoms with Crippen LogP contribution in [0.5, 0.6) is 0 Å². The highest BCUT2D eigenvalue weighted by atomic mass is 16.4. The average molecular weight is 849 g/mol. The minimum absolute atomic E-state index is 0.0304. The Morgan fingerprint density at radius 1 is 0.855 bits per heavy atom. The van der Waals surface area contributed by atoms with Crippen LogP contribution in [0.2, 0.25) is 0 Å². The van der Waals surface area contributed by atoms with E-state index in [4.69, 9.17) is 5.11 Å². The number of pyridine rings is 2. The molecule has 19 nitrogen and oxygen atoms in total. The summed E-state index contributed by atoms with van der Waals surface area (Å²) >= 11 is 0. The van der Waals surface area contributed by atoms with Gasteiger partial charge in [-0.05, 0) is 86.4 Å². The molecule has 2 atom stereocenters. The number of imidazole rings is 1. The van der Waals surface area contributed by atoms with Gasteiger partial charge in [0.05, 0.1) is 17.2 Å². The van der Waals surface area contributed by atoms with Gasteiger partial charge < -0.3 is 35.3 Å². The number of nitrogens with one attached hydrogen (secondary N) is 4. The summed E-state index contributed by atoms with van der Waals surface area (Å²) in [4.78, 5) is 98.2. The summed E-state index contributed by atoms with van der Waals surface area (Å²) in [5.74, 6) is -2.38. The van der Waals surface area contributed by atoms with Crippen molar-refractivity contribution in [3.8, 4) is 0 Å². The molecule has 62 heavy (non-hydrogen) atoms. The van der Waals surface area contributed by atoms with Gasteiger partial charge in [0.2, 0.25) is 17.7 Å². The normalized spacial score (nSPS) is 17.6. The maximum Gasteiger partial charge on any atom is 0.327 e. The first-order valence-corrected chi connectivity index (χ1v) is 21.3. The number of piperidine rings is 2. The summed E-state index contributed by atoms with van der Waals surface area (Å²) in [6.45, 7) is 5.43. The molecule has 7 heterocycles. The minimum atomic E-state index is -1.18. The first kappa shape index (κ1) is 41.9. The molecule has 3 aliphatic heterocycles. The van der Waals surface area contributed by atoms with Crippen LogP contribution < -0.4 is 21.2 Å². The van der Waals surface area contributed by atoms with Crippen molar-refractivity contribution in [1.82, 2.24) is 55.0 Å². The Morgan fingerprint density at radius 3 is 2.31 bits per heavy atom. The van der Waals surface area contributed by atoms with Crippen LogP contribution in [-0.4, -0.2) is 144 Å². The molecule has 0 aliphatic carbocycles. The van der Waals surface area contributed by atoms with Gasteiger partial charge in [-0.15, -0.1) is 0 Å². The first-order valence-electron chi connectivity index (χ1n) is 21.3. The van der Waals surface area contributed by atoms with Gasteiger partial charge in [-0.3, -0.25) is 38.8 Å². The maximum atomic E-state index is 14.7. The number of carboxylic acid groups (broad SMARTS) is 1. The SMILES string of the molecule is Cc1cc(C[C@H](NC(=O)N2CCC(n3c(=O)[nH]c4ncccc43)CC2)C(=O)N[C@H](CC2CCN(C(=O)CC(=O)O)CC2)C(=O)N2CCN(c3ccncc3)CC2)cc2cn[nH]c12. The molecule has 4 aromatic heterocycles. The van der Waals surface area contributed by atoms with Gasteiger partial charge in [0.15, 0.2) is 5.65 Å². The third-order valence-electron chi connectivity index (χ3n) is 12.5. The van der Waals surface area contributed by atoms with Crippen LogP contribution >= 0.6 is 0 Å². The van der Waals surface area contributed by atoms with Crippen molar-refractivity contribution >= 4 is 57.5 Å². The number of rotatable bonds is 12. The van der Waals surface area contributed by atoms with E-state index < -0.39 is 42.3 Å². The van der Waals surface area contributed by atoms with E-state index in [0.717, 1.165) is 27.7 Å². The zero-order chi connectivity index (χ0) is 43.3. The molecule has 5 N–H and O–H groups in total. The molecular weight excluding hydrogens is 797 g/mol. The van der Waals surface area contributed by atoms with Crippen molar-refractivity contribution in [2.24, 2.45) is 5.92 Å². The predicted molar refractivity (Wildman–Crippen MR) is 228 cm³/mol. The molecule has 1 aromatic carbocycles. The second-order valence-electron chi connectivity index (χ2n) is 16.6. The molecule has 3 saturated heterocycles. The van der Waals surface area contributed by atoms with Gasteiger partial charge >= 0.3 is 17.7 Å². The number of urea groups is 1. The fourth-order valence-electron chi connectivity index (χ4n) is 9.21. The highest BCUT2D eigenvalue weighted by Gasteiger charge is 2.36. The van der Waals surface area contributed by atoms with E-state index >= 15 is 0 Å². The molecule has 0 unspecified atom stereocenters. The Bertz CT molecular complexity index is 2480. The number of carboxylic acids is 1. The summed E-state index contributed by atoms with van der Waals surface area (Å²) in [6, 6.07) is 8.83. The Kier molecular flexibility index (Phi) is 12.5. The fraction of sp³-hybridized carbons (Fsp3) is 0.465. The van der Waals surface area contributed by atoms with Crippen LogP contribution in [0.4, 0.5) is 10.5 Å². The van der Waals surface area contributed by atoms with Crippen molar-refractivity contribution in [1.29, 1.82) is 0 Å². The maximum absolute atomic E-state index is 14.7. The molecule has 19 heteroatoms. The number of amides is 5. The van der Waals surface area contributed by atoms with Gasteiger partial charge in [0.25, 0.3) is 0 Å². The molecule has 0 radical (unpaired) electrons. The van der Waals surface area contributed by atoms with Gasteiger partial charge in [-0.25, -0.2) is 14.6 Å². The third-order valence-corrected chi connectivity index (χ3v) is 12.5. The lowest BCUT2D eigenvalue weighted by Crippen LogP contribution is -2.59. The number of aryl methyl sites for hydroxylation is 1. The molecule has 0 saturated carbocycles. The number of hydrogen-bond acceptors (Lipinski definition) is 10. The van der Waals surface area contributed by atoms with E-state index in [1.54, 1.807) is 50.1 Å². The fourth-order valence-corrected chi connectivity index (χ4v) is 9.21. The van der Waals surface area contributed by atoms with Gasteiger partial charge in [0, 0.05) is 94.5 Å². The molecule has 0 spiro atoms. The zero-order valence-electron chi connectivity index (χ0n) is 34.7. The smallest absolute Gasteiger partial charge is 0.327 e. The Balaban J connectivity index is 0.995. The minimum Gasteiger partial charge on any atom is -0.481 e. The number of H-pyrrole nitrogens is 2. The summed E-state index contributed by atoms with van der Waals surface area (Å²) in [6.07, 6.45) is 8.81. The van der Waals surface area contributed by atoms with Gasteiger partial charge in [-0.2, -0.15) is 5.10 Å². The molecule has 3 aliphatic rings. The van der Waals surface area contributed by atoms with Crippen molar-refractivity contribution in [3.63, 3.8) is 0 Å². The standard InChI is InChI=1S/C43H52N12O7/c1-27-21-29(22-30-26-46-50-38(27)30)24-33(48-42(61)54-15-8-32(9-16-54)55-35-3-2-10-45-39(35)49-43(55)62)40(59)47-34(23-28-6-13-52(14-7-28)36(56)25-37(57)58)41(60)53-19-17-51(18-20-53)31-4-11-44-12-5-31/h2-5,10-12,21-22,26,28,32-34H,6-9,13-20,23-25H2,1H3,(H,46,50)(H,47,59)(H,48,61)(H,57,58)(H,45,49,62)/t33-,34+/m0/s1. The van der Waals surface area contributed by atoms with E-state index in [1.807, 2.05) is 37.3 Å². The monoisotopic (exact) mass is 848 g/mol. The molecule has 326 valence electrons. The highest BCUT2D eigenvalue weighted by molar-refractivity contribution is 5.94. The lowest BCUT2D eigenvalue weighted by molar-refractivity contribution is -0.145. The lowest BCUT2D eigenvalue weighted by atomic mass is 9.89. The van der Waals surface area contributed by atoms with Crippen molar-refractivity contribution in [2.45, 2.75) is 70.0 Å². The van der Waals surface area contributed by atoms with Crippen molar-refractivity contribution in [2.75, 3.05) is 57.3 Å². The number of carbonyl (C=O) groups excluding carboxylic acids is 4. The number of benzene rings is 1. The molecule has 5 amide bonds. The van der Waals surface area contributed by atoms with Gasteiger partial charge in [0.1, 0.15) is 18.5 Å². The second kappa shape index (κ2) is 18.4. The quantitative estimate of drug-likeness (QED) is 0.114. The largest absolute Gasteiger partial charge is 0.481 e. The number of anilines is 1. The number of carbonyl (C=O) groups is 5. The van der Waals surface area contributed by atoms with Crippen LogP contribution in [0, 0.1) is 12.8 Å². The van der Waals surface area contributed by atoms with Gasteiger partial charge in [-0.1, -0.05) is 6.07 Å². The molecule has 5 aromatic rings. The average Bonchev–Trinajstić information content (AvgIpc) is 3.90. The molecule has 8 rings (SSSR count). The number of aromatic nitrogens is 6. The highest BCUT2D eigenvalue weighted by Crippen LogP contribution is 2.27. The Morgan fingerprint density at radius 2 is 1.58 bits per heavy atom. The molecular formula is C43H52N12O7. The van der Waals surface area contributed by atoms with E-state index in [0.29, 0.717) is 95.6 Å². The molecule has 0 bridgehead atoms. The lowest BCUT2D eigenvalue weighted by Gasteiger charge is -2.39. The third kappa shape index (κ3) is 9.40. The van der Waals surface area contributed by atoms with Crippen LogP contribution in [0.1, 0.15) is 55.7 Å². The summed E-state index contributed by atoms with van der Waals surface area (Å²) in [5.41, 5.74) is 4.58. The number of fused-ring (bicyclic) bond motifs is 2. The number of aliphatic carboxylic acids is 1. The van der Waals surface area contributed by atoms with E-state index in [-0.39, 0.29) is 30.0 Å². The summed E-state index contributed by atoms with van der Waals surface area (Å²) in [7, 11) is 0. The number of aromatic amines is 2. The van der Waals surface area contributed by atoms with E-state index in [9.17, 15) is 28.8 Å². The van der Waals surface area contributed by atoms with Crippen LogP contribution in [0.25, 0.3) is 22.1 Å². The predicted octanol–water partition coefficient (Wildman–Crippen LogP) is 2.20. The number of likely N-dealkylation sites (tertiary alicyclic amines) is 2. The summed E-state index contributed by atoms with van der Waals surface area (Å²) in [5, 5.41) is 23.3. The Labute approximate surface area is 356 Å². The topological polar surface area (TPSA) is 235 Å². The number of hydrogen-bond donors (Lipinski definition) is 5. The Hall–Kier alpha value is -6.79. The zero-order valence-corrected chi connectivity index (χ0v) is 34.7. The first-order chi connectivity index (χ1) is 30.0. The molecule has 3 fully saturated rings. The summed E-state index contributed by atoms with van der Waals surface area (Å²) < 4.78 is 1.70. The van der Waals surface area contributed by atoms with E-state index in [1.165, 1.54) is 0 Å². The van der Waals surface area contributed by atoms with Crippen LogP contribution in [-0.2, 0) is 25.6 Å². The van der Waals surface area contributed by atoms with Crippen LogP contribution in [0.3, 0.4) is 0 Å². The number of piperazine rings is 1. The van der Waals surface area contributed by atoms with E-state index in [2.05, 4.69) is 40.7 Å². The van der Waals surface area contributed by atoms with Crippen molar-refractivity contribution in [3.05, 3.63) is 82.8 Å². The second-order valence-corrected chi connectivity index (χ2v) is 16.6.